The number of hydrogen-bond acceptors (Lipinski definition) is 3. The van der Waals surface area contributed by atoms with Crippen molar-refractivity contribution in [1.29, 1.82) is 0 Å². The smallest absolute Gasteiger partial charge is 0.0314 e. The summed E-state index contributed by atoms with van der Waals surface area (Å²) in [6.07, 6.45) is 2.49. The zero-order valence-electron chi connectivity index (χ0n) is 13.9. The Morgan fingerprint density at radius 3 is 2.24 bits per heavy atom. The molecule has 2 atom stereocenters. The maximum atomic E-state index is 5.75. The molecule has 0 radical (unpaired) electrons. The number of anilines is 1. The minimum atomic E-state index is 0.609. The van der Waals surface area contributed by atoms with E-state index < -0.39 is 0 Å². The average molecular weight is 289 g/mol. The summed E-state index contributed by atoms with van der Waals surface area (Å²) in [4.78, 5) is 5.24. The quantitative estimate of drug-likeness (QED) is 0.816. The van der Waals surface area contributed by atoms with Crippen LogP contribution in [-0.2, 0) is 0 Å². The molecule has 3 nitrogen and oxygen atoms in total. The van der Waals surface area contributed by atoms with Gasteiger partial charge in [0.15, 0.2) is 0 Å². The van der Waals surface area contributed by atoms with Gasteiger partial charge in [-0.1, -0.05) is 26.0 Å². The van der Waals surface area contributed by atoms with Crippen LogP contribution in [0.5, 0.6) is 0 Å². The van der Waals surface area contributed by atoms with Crippen molar-refractivity contribution < 1.29 is 0 Å². The van der Waals surface area contributed by atoms with Crippen molar-refractivity contribution in [3.05, 3.63) is 29.8 Å². The van der Waals surface area contributed by atoms with Crippen molar-refractivity contribution in [2.45, 2.75) is 45.6 Å². The first-order chi connectivity index (χ1) is 10.1. The Balaban J connectivity index is 1.73. The van der Waals surface area contributed by atoms with Gasteiger partial charge in [-0.3, -0.25) is 4.90 Å². The Hall–Kier alpha value is -1.06. The lowest BCUT2D eigenvalue weighted by molar-refractivity contribution is 0.0989. The van der Waals surface area contributed by atoms with E-state index >= 15 is 0 Å². The highest BCUT2D eigenvalue weighted by Crippen LogP contribution is 2.21. The molecule has 3 heteroatoms. The number of rotatable bonds is 6. The Morgan fingerprint density at radius 1 is 1.05 bits per heavy atom. The molecule has 0 spiro atoms. The minimum absolute atomic E-state index is 0.609. The Bertz CT molecular complexity index is 407. The van der Waals surface area contributed by atoms with E-state index in [0.717, 1.165) is 11.7 Å². The first kappa shape index (κ1) is 16.3. The van der Waals surface area contributed by atoms with Crippen molar-refractivity contribution in [3.63, 3.8) is 0 Å². The SMILES string of the molecule is CCC(C)N1CCN(CCC(C)c2ccc(N)cc2)CC1. The number of piperazine rings is 1. The zero-order valence-corrected chi connectivity index (χ0v) is 13.9. The fourth-order valence-corrected chi connectivity index (χ4v) is 3.05. The molecule has 1 heterocycles. The van der Waals surface area contributed by atoms with E-state index in [0.29, 0.717) is 5.92 Å². The van der Waals surface area contributed by atoms with Crippen LogP contribution in [0.2, 0.25) is 0 Å². The van der Waals surface area contributed by atoms with Crippen LogP contribution in [0.1, 0.15) is 45.1 Å². The van der Waals surface area contributed by atoms with Crippen molar-refractivity contribution >= 4 is 5.69 Å². The molecule has 21 heavy (non-hydrogen) atoms. The predicted octanol–water partition coefficient (Wildman–Crippen LogP) is 3.18. The normalized spacial score (nSPS) is 20.3. The van der Waals surface area contributed by atoms with E-state index in [2.05, 4.69) is 42.7 Å². The second-order valence-corrected chi connectivity index (χ2v) is 6.49. The summed E-state index contributed by atoms with van der Waals surface area (Å²) in [7, 11) is 0. The summed E-state index contributed by atoms with van der Waals surface area (Å²) in [5.74, 6) is 0.609. The molecule has 2 unspecified atom stereocenters. The number of nitrogens with two attached hydrogens (primary N) is 1. The van der Waals surface area contributed by atoms with Gasteiger partial charge in [-0.05, 0) is 49.9 Å². The van der Waals surface area contributed by atoms with Gasteiger partial charge in [-0.25, -0.2) is 0 Å². The van der Waals surface area contributed by atoms with Crippen molar-refractivity contribution in [2.24, 2.45) is 0 Å². The molecule has 118 valence electrons. The number of hydrogen-bond donors (Lipinski definition) is 1. The van der Waals surface area contributed by atoms with Gasteiger partial charge in [-0.15, -0.1) is 0 Å². The number of nitrogens with zero attached hydrogens (tertiary/aromatic N) is 2. The third kappa shape index (κ3) is 4.72. The highest BCUT2D eigenvalue weighted by atomic mass is 15.3. The topological polar surface area (TPSA) is 32.5 Å². The van der Waals surface area contributed by atoms with E-state index in [1.807, 2.05) is 12.1 Å². The second-order valence-electron chi connectivity index (χ2n) is 6.49. The predicted molar refractivity (Wildman–Crippen MR) is 91.7 cm³/mol. The van der Waals surface area contributed by atoms with Gasteiger partial charge in [0.05, 0.1) is 0 Å². The molecule has 1 aliphatic heterocycles. The van der Waals surface area contributed by atoms with Gasteiger partial charge >= 0.3 is 0 Å². The molecular weight excluding hydrogens is 258 g/mol. The van der Waals surface area contributed by atoms with Gasteiger partial charge in [0.1, 0.15) is 0 Å². The Labute approximate surface area is 130 Å². The minimum Gasteiger partial charge on any atom is -0.399 e. The highest BCUT2D eigenvalue weighted by molar-refractivity contribution is 5.40. The highest BCUT2D eigenvalue weighted by Gasteiger charge is 2.20. The Kier molecular flexibility index (Phi) is 6.07. The lowest BCUT2D eigenvalue weighted by atomic mass is 9.97. The number of benzene rings is 1. The van der Waals surface area contributed by atoms with E-state index in [4.69, 9.17) is 5.73 Å². The van der Waals surface area contributed by atoms with E-state index in [1.54, 1.807) is 0 Å². The van der Waals surface area contributed by atoms with Gasteiger partial charge in [-0.2, -0.15) is 0 Å². The van der Waals surface area contributed by atoms with Gasteiger partial charge in [0, 0.05) is 37.9 Å². The maximum Gasteiger partial charge on any atom is 0.0314 e. The lowest BCUT2D eigenvalue weighted by Gasteiger charge is -2.38. The molecule has 2 rings (SSSR count). The first-order valence-electron chi connectivity index (χ1n) is 8.42. The Morgan fingerprint density at radius 2 is 1.67 bits per heavy atom. The van der Waals surface area contributed by atoms with Crippen LogP contribution in [0.15, 0.2) is 24.3 Å². The second kappa shape index (κ2) is 7.81. The van der Waals surface area contributed by atoms with Crippen LogP contribution in [0.3, 0.4) is 0 Å². The van der Waals surface area contributed by atoms with E-state index in [9.17, 15) is 0 Å². The molecule has 1 saturated heterocycles. The van der Waals surface area contributed by atoms with Crippen molar-refractivity contribution in [1.82, 2.24) is 9.80 Å². The largest absolute Gasteiger partial charge is 0.399 e. The summed E-state index contributed by atoms with van der Waals surface area (Å²) < 4.78 is 0. The fourth-order valence-electron chi connectivity index (χ4n) is 3.05. The third-order valence-electron chi connectivity index (χ3n) is 5.00. The van der Waals surface area contributed by atoms with Crippen molar-refractivity contribution in [2.75, 3.05) is 38.5 Å². The summed E-state index contributed by atoms with van der Waals surface area (Å²) in [5, 5.41) is 0. The zero-order chi connectivity index (χ0) is 15.2. The van der Waals surface area contributed by atoms with E-state index in [1.165, 1.54) is 51.1 Å². The maximum absolute atomic E-state index is 5.75. The van der Waals surface area contributed by atoms with Gasteiger partial charge in [0.2, 0.25) is 0 Å². The van der Waals surface area contributed by atoms with Gasteiger partial charge < -0.3 is 10.6 Å². The molecule has 1 aromatic carbocycles. The molecule has 0 aromatic heterocycles. The van der Waals surface area contributed by atoms with E-state index in [-0.39, 0.29) is 0 Å². The van der Waals surface area contributed by atoms with Gasteiger partial charge in [0.25, 0.3) is 0 Å². The van der Waals surface area contributed by atoms with Crippen LogP contribution < -0.4 is 5.73 Å². The molecule has 0 aliphatic carbocycles. The molecule has 1 aromatic rings. The number of nitrogen functional groups attached to an aromatic ring is 1. The molecular formula is C18H31N3. The van der Waals surface area contributed by atoms with Crippen LogP contribution in [0, 0.1) is 0 Å². The van der Waals surface area contributed by atoms with Crippen LogP contribution in [0.25, 0.3) is 0 Å². The molecule has 1 aliphatic rings. The lowest BCUT2D eigenvalue weighted by Crippen LogP contribution is -2.49. The summed E-state index contributed by atoms with van der Waals surface area (Å²) in [6.45, 7) is 13.1. The molecule has 0 saturated carbocycles. The monoisotopic (exact) mass is 289 g/mol. The van der Waals surface area contributed by atoms with Crippen LogP contribution in [-0.4, -0.2) is 48.6 Å². The molecule has 0 amide bonds. The van der Waals surface area contributed by atoms with Crippen molar-refractivity contribution in [3.8, 4) is 0 Å². The average Bonchev–Trinajstić information content (AvgIpc) is 2.53. The molecule has 0 bridgehead atoms. The summed E-state index contributed by atoms with van der Waals surface area (Å²) >= 11 is 0. The first-order valence-corrected chi connectivity index (χ1v) is 8.42. The van der Waals surface area contributed by atoms with Crippen LogP contribution >= 0.6 is 0 Å². The third-order valence-corrected chi connectivity index (χ3v) is 5.00. The molecule has 1 fully saturated rings. The molecule has 2 N–H and O–H groups in total. The fraction of sp³-hybridized carbons (Fsp3) is 0.667. The summed E-state index contributed by atoms with van der Waals surface area (Å²) in [5.41, 5.74) is 8.01. The summed E-state index contributed by atoms with van der Waals surface area (Å²) in [6, 6.07) is 9.09. The standard InChI is InChI=1S/C18H31N3/c1-4-16(3)21-13-11-20(12-14-21)10-9-15(2)17-5-7-18(19)8-6-17/h5-8,15-16H,4,9-14,19H2,1-3H3. The van der Waals surface area contributed by atoms with Crippen LogP contribution in [0.4, 0.5) is 5.69 Å².